The molecule has 1 aromatic heterocycles. The average Bonchev–Trinajstić information content (AvgIpc) is 2.92. The molecular weight excluding hydrogens is 425 g/mol. The summed E-state index contributed by atoms with van der Waals surface area (Å²) >= 11 is 0.585. The van der Waals surface area contributed by atoms with E-state index >= 15 is 8.78 Å². The minimum absolute atomic E-state index is 0.0264. The van der Waals surface area contributed by atoms with Gasteiger partial charge in [-0.1, -0.05) is 0 Å². The Hall–Kier alpha value is -1.54. The molecule has 0 atom stereocenters. The molecule has 0 aliphatic carbocycles. The fourth-order valence-electron chi connectivity index (χ4n) is 2.71. The molecule has 1 N–H and O–H groups in total. The van der Waals surface area contributed by atoms with Crippen molar-refractivity contribution in [3.8, 4) is 5.75 Å². The Morgan fingerprint density at radius 1 is 1.17 bits per heavy atom. The molecular formula is C19H25F2O6PS. The summed E-state index contributed by atoms with van der Waals surface area (Å²) in [6, 6.07) is 2.54. The van der Waals surface area contributed by atoms with Crippen molar-refractivity contribution in [1.82, 2.24) is 0 Å². The van der Waals surface area contributed by atoms with Gasteiger partial charge in [0.15, 0.2) is 0 Å². The van der Waals surface area contributed by atoms with Gasteiger partial charge in [0.2, 0.25) is 0 Å². The summed E-state index contributed by atoms with van der Waals surface area (Å²) in [7, 11) is -4.80. The first-order valence-corrected chi connectivity index (χ1v) is 11.4. The molecule has 0 amide bonds. The van der Waals surface area contributed by atoms with Crippen LogP contribution in [0.25, 0.3) is 10.1 Å². The van der Waals surface area contributed by atoms with Crippen LogP contribution in [-0.4, -0.2) is 29.9 Å². The topological polar surface area (TPSA) is 82.1 Å². The number of fused-ring (bicyclic) bond motifs is 1. The van der Waals surface area contributed by atoms with E-state index in [9.17, 15) is 14.5 Å². The number of hydrogen-bond acceptors (Lipinski definition) is 7. The van der Waals surface area contributed by atoms with E-state index in [0.717, 1.165) is 0 Å². The molecule has 29 heavy (non-hydrogen) atoms. The zero-order chi connectivity index (χ0) is 22.2. The Labute approximate surface area is 172 Å². The van der Waals surface area contributed by atoms with Crippen LogP contribution in [0.2, 0.25) is 0 Å². The summed E-state index contributed by atoms with van der Waals surface area (Å²) in [5.74, 6) is -1.04. The van der Waals surface area contributed by atoms with Gasteiger partial charge >= 0.3 is 19.2 Å². The van der Waals surface area contributed by atoms with Crippen molar-refractivity contribution in [2.24, 2.45) is 0 Å². The van der Waals surface area contributed by atoms with Crippen LogP contribution in [0.3, 0.4) is 0 Å². The van der Waals surface area contributed by atoms with E-state index in [-0.39, 0.29) is 40.2 Å². The summed E-state index contributed by atoms with van der Waals surface area (Å²) < 4.78 is 58.3. The number of rotatable bonds is 7. The molecule has 0 aliphatic heterocycles. The molecule has 0 saturated heterocycles. The number of phenolic OH excluding ortho intramolecular Hbond substituents is 1. The lowest BCUT2D eigenvalue weighted by atomic mass is 10.1. The zero-order valence-corrected chi connectivity index (χ0v) is 18.9. The molecule has 0 unspecified atom stereocenters. The van der Waals surface area contributed by atoms with E-state index in [1.807, 2.05) is 0 Å². The third-order valence-corrected chi connectivity index (χ3v) is 7.53. The number of benzene rings is 1. The number of hydrogen-bond donors (Lipinski definition) is 1. The molecule has 162 valence electrons. The van der Waals surface area contributed by atoms with Crippen molar-refractivity contribution in [2.75, 3.05) is 13.2 Å². The standard InChI is InChI=1S/C19H25F2O6PS/c1-7-25-28(24,26-8-2)19(20,21)16-11(3)13-9-12(10-14(22)15(13)29-16)17(23)27-18(4,5)6/h9-10,22H,7-8H2,1-6H3. The van der Waals surface area contributed by atoms with E-state index in [1.165, 1.54) is 32.9 Å². The molecule has 0 saturated carbocycles. The van der Waals surface area contributed by atoms with Crippen LogP contribution in [0, 0.1) is 6.92 Å². The fourth-order valence-corrected chi connectivity index (χ4v) is 5.75. The molecule has 1 heterocycles. The second-order valence-electron chi connectivity index (χ2n) is 7.30. The summed E-state index contributed by atoms with van der Waals surface area (Å²) in [6.45, 7) is 8.93. The van der Waals surface area contributed by atoms with Gasteiger partial charge in [-0.05, 0) is 59.2 Å². The monoisotopic (exact) mass is 450 g/mol. The van der Waals surface area contributed by atoms with Crippen LogP contribution < -0.4 is 0 Å². The number of alkyl halides is 2. The van der Waals surface area contributed by atoms with Crippen molar-refractivity contribution in [1.29, 1.82) is 0 Å². The third kappa shape index (κ3) is 4.63. The molecule has 0 bridgehead atoms. The number of thiophene rings is 1. The number of halogens is 2. The molecule has 0 fully saturated rings. The highest BCUT2D eigenvalue weighted by atomic mass is 32.1. The highest BCUT2D eigenvalue weighted by Gasteiger charge is 2.56. The first-order chi connectivity index (χ1) is 13.3. The van der Waals surface area contributed by atoms with Gasteiger partial charge in [-0.15, -0.1) is 11.3 Å². The van der Waals surface area contributed by atoms with Crippen LogP contribution in [0.4, 0.5) is 8.78 Å². The predicted octanol–water partition coefficient (Wildman–Crippen LogP) is 6.19. The van der Waals surface area contributed by atoms with Gasteiger partial charge in [0.1, 0.15) is 11.4 Å². The maximum absolute atomic E-state index is 15.2. The summed E-state index contributed by atoms with van der Waals surface area (Å²) in [5, 5.41) is 10.6. The van der Waals surface area contributed by atoms with Crippen molar-refractivity contribution >= 4 is 35.0 Å². The predicted molar refractivity (Wildman–Crippen MR) is 108 cm³/mol. The van der Waals surface area contributed by atoms with Crippen LogP contribution in [0.1, 0.15) is 55.4 Å². The number of carbonyl (C=O) groups excluding carboxylic acids is 1. The van der Waals surface area contributed by atoms with E-state index in [2.05, 4.69) is 0 Å². The Bertz CT molecular complexity index is 954. The van der Waals surface area contributed by atoms with Crippen LogP contribution >= 0.6 is 18.9 Å². The van der Waals surface area contributed by atoms with E-state index in [1.54, 1.807) is 20.8 Å². The molecule has 6 nitrogen and oxygen atoms in total. The van der Waals surface area contributed by atoms with Crippen LogP contribution in [-0.2, 0) is 24.0 Å². The van der Waals surface area contributed by atoms with Crippen molar-refractivity contribution in [3.63, 3.8) is 0 Å². The van der Waals surface area contributed by atoms with Gasteiger partial charge in [-0.3, -0.25) is 4.57 Å². The number of aryl methyl sites for hydroxylation is 1. The second kappa shape index (κ2) is 8.30. The number of ether oxygens (including phenoxy) is 1. The first-order valence-electron chi connectivity index (χ1n) is 9.04. The minimum Gasteiger partial charge on any atom is -0.506 e. The second-order valence-corrected chi connectivity index (χ2v) is 10.4. The minimum atomic E-state index is -4.80. The number of phenols is 1. The van der Waals surface area contributed by atoms with Gasteiger partial charge in [-0.25, -0.2) is 4.79 Å². The molecule has 0 radical (unpaired) electrons. The third-order valence-electron chi connectivity index (χ3n) is 3.87. The maximum Gasteiger partial charge on any atom is 0.405 e. The normalized spacial score (nSPS) is 13.1. The quantitative estimate of drug-likeness (QED) is 0.400. The fraction of sp³-hybridized carbons (Fsp3) is 0.526. The summed E-state index contributed by atoms with van der Waals surface area (Å²) in [4.78, 5) is 11.8. The highest BCUT2D eigenvalue weighted by Crippen LogP contribution is 2.68. The molecule has 2 rings (SSSR count). The van der Waals surface area contributed by atoms with E-state index in [4.69, 9.17) is 13.8 Å². The lowest BCUT2D eigenvalue weighted by Gasteiger charge is -2.25. The summed E-state index contributed by atoms with van der Waals surface area (Å²) in [6.07, 6.45) is 0. The van der Waals surface area contributed by atoms with Gasteiger partial charge in [0.25, 0.3) is 0 Å². The van der Waals surface area contributed by atoms with Crippen molar-refractivity contribution in [2.45, 2.75) is 52.8 Å². The first kappa shape index (κ1) is 23.7. The largest absolute Gasteiger partial charge is 0.506 e. The van der Waals surface area contributed by atoms with Crippen LogP contribution in [0.5, 0.6) is 5.75 Å². The van der Waals surface area contributed by atoms with Gasteiger partial charge < -0.3 is 18.9 Å². The highest BCUT2D eigenvalue weighted by molar-refractivity contribution is 7.55. The smallest absolute Gasteiger partial charge is 0.405 e. The number of carbonyl (C=O) groups is 1. The average molecular weight is 450 g/mol. The summed E-state index contributed by atoms with van der Waals surface area (Å²) in [5.41, 5.74) is -4.58. The molecule has 1 aromatic carbocycles. The van der Waals surface area contributed by atoms with E-state index in [0.29, 0.717) is 11.3 Å². The van der Waals surface area contributed by atoms with E-state index < -0.39 is 29.7 Å². The molecule has 2 aromatic rings. The zero-order valence-electron chi connectivity index (χ0n) is 17.2. The van der Waals surface area contributed by atoms with Crippen LogP contribution in [0.15, 0.2) is 12.1 Å². The van der Waals surface area contributed by atoms with Crippen molar-refractivity contribution in [3.05, 3.63) is 28.1 Å². The Balaban J connectivity index is 2.63. The number of esters is 1. The molecule has 0 aliphatic rings. The molecule has 0 spiro atoms. The molecule has 10 heteroatoms. The van der Waals surface area contributed by atoms with Gasteiger partial charge in [-0.2, -0.15) is 8.78 Å². The Kier molecular flexibility index (Phi) is 6.79. The Morgan fingerprint density at radius 3 is 2.21 bits per heavy atom. The van der Waals surface area contributed by atoms with Gasteiger partial charge in [0, 0.05) is 5.39 Å². The number of aromatic hydroxyl groups is 1. The maximum atomic E-state index is 15.2. The SMILES string of the molecule is CCOP(=O)(OCC)C(F)(F)c1sc2c(O)cc(C(=O)OC(C)(C)C)cc2c1C. The van der Waals surface area contributed by atoms with Crippen molar-refractivity contribution < 1.29 is 37.0 Å². The Morgan fingerprint density at radius 2 is 1.72 bits per heavy atom. The van der Waals surface area contributed by atoms with Gasteiger partial charge in [0.05, 0.1) is 28.4 Å². The lowest BCUT2D eigenvalue weighted by molar-refractivity contribution is 0.00692. The lowest BCUT2D eigenvalue weighted by Crippen LogP contribution is -2.23.